The Morgan fingerprint density at radius 1 is 1.08 bits per heavy atom. The second-order valence-corrected chi connectivity index (χ2v) is 7.18. The van der Waals surface area contributed by atoms with Gasteiger partial charge in [-0.25, -0.2) is 0 Å². The minimum atomic E-state index is -0.423. The van der Waals surface area contributed by atoms with Crippen LogP contribution in [0.25, 0.3) is 6.08 Å². The van der Waals surface area contributed by atoms with Gasteiger partial charge in [0.25, 0.3) is 0 Å². The van der Waals surface area contributed by atoms with Gasteiger partial charge in [0.1, 0.15) is 0 Å². The Morgan fingerprint density at radius 3 is 2.42 bits per heavy atom. The fourth-order valence-electron chi connectivity index (χ4n) is 3.14. The molecule has 0 amide bonds. The number of carbonyl (C=O) groups excluding carboxylic acids is 1. The predicted octanol–water partition coefficient (Wildman–Crippen LogP) is 5.60. The molecule has 1 aromatic heterocycles. The third-order valence-electron chi connectivity index (χ3n) is 4.46. The van der Waals surface area contributed by atoms with E-state index < -0.39 is 4.92 Å². The Hall–Kier alpha value is -2.27. The van der Waals surface area contributed by atoms with Crippen molar-refractivity contribution in [2.75, 3.05) is 0 Å². The van der Waals surface area contributed by atoms with E-state index in [1.165, 1.54) is 49.8 Å². The van der Waals surface area contributed by atoms with Crippen molar-refractivity contribution in [3.05, 3.63) is 68.6 Å². The maximum Gasteiger partial charge on any atom is 0.324 e. The number of nitrogens with zero attached hydrogens (tertiary/aromatic N) is 1. The molecule has 0 bridgehead atoms. The number of ketones is 1. The monoisotopic (exact) mass is 341 g/mol. The molecule has 0 spiro atoms. The average molecular weight is 341 g/mol. The van der Waals surface area contributed by atoms with Gasteiger partial charge in [0.05, 0.1) is 4.92 Å². The van der Waals surface area contributed by atoms with Gasteiger partial charge in [0.15, 0.2) is 5.78 Å². The molecule has 2 aromatic rings. The molecule has 1 aliphatic carbocycles. The van der Waals surface area contributed by atoms with Crippen LogP contribution in [-0.4, -0.2) is 10.7 Å². The fourth-order valence-corrected chi connectivity index (χ4v) is 3.86. The van der Waals surface area contributed by atoms with Crippen LogP contribution in [0.4, 0.5) is 5.00 Å². The normalized spacial score (nSPS) is 15.7. The molecule has 124 valence electrons. The van der Waals surface area contributed by atoms with E-state index in [4.69, 9.17) is 0 Å². The summed E-state index contributed by atoms with van der Waals surface area (Å²) in [7, 11) is 0. The number of hydrogen-bond donors (Lipinski definition) is 0. The number of benzene rings is 1. The van der Waals surface area contributed by atoms with E-state index in [1.807, 2.05) is 12.1 Å². The Balaban J connectivity index is 1.65. The first-order chi connectivity index (χ1) is 11.6. The summed E-state index contributed by atoms with van der Waals surface area (Å²) in [6, 6.07) is 11.0. The van der Waals surface area contributed by atoms with E-state index in [-0.39, 0.29) is 10.8 Å². The summed E-state index contributed by atoms with van der Waals surface area (Å²) in [5.74, 6) is 0.548. The van der Waals surface area contributed by atoms with Crippen LogP contribution in [0, 0.1) is 10.1 Å². The molecule has 0 radical (unpaired) electrons. The molecule has 5 heteroatoms. The third kappa shape index (κ3) is 3.97. The minimum absolute atomic E-state index is 0.0822. The van der Waals surface area contributed by atoms with Gasteiger partial charge in [-0.1, -0.05) is 54.9 Å². The van der Waals surface area contributed by atoms with Crippen LogP contribution in [0.5, 0.6) is 0 Å². The quantitative estimate of drug-likeness (QED) is 0.308. The Kier molecular flexibility index (Phi) is 5.20. The van der Waals surface area contributed by atoms with E-state index in [2.05, 4.69) is 12.1 Å². The summed E-state index contributed by atoms with van der Waals surface area (Å²) in [5.41, 5.74) is 1.97. The highest BCUT2D eigenvalue weighted by Crippen LogP contribution is 2.32. The summed E-state index contributed by atoms with van der Waals surface area (Å²) in [5, 5.41) is 10.7. The first-order valence-corrected chi connectivity index (χ1v) is 9.02. The van der Waals surface area contributed by atoms with Gasteiger partial charge in [0, 0.05) is 16.5 Å². The lowest BCUT2D eigenvalue weighted by molar-refractivity contribution is -0.380. The van der Waals surface area contributed by atoms with Gasteiger partial charge in [0.2, 0.25) is 0 Å². The molecule has 1 heterocycles. The van der Waals surface area contributed by atoms with E-state index in [9.17, 15) is 14.9 Å². The molecule has 0 saturated heterocycles. The molecule has 3 rings (SSSR count). The summed E-state index contributed by atoms with van der Waals surface area (Å²) < 4.78 is 0. The minimum Gasteiger partial charge on any atom is -0.289 e. The summed E-state index contributed by atoms with van der Waals surface area (Å²) >= 11 is 1.06. The molecular weight excluding hydrogens is 322 g/mol. The van der Waals surface area contributed by atoms with E-state index in [0.717, 1.165) is 11.3 Å². The van der Waals surface area contributed by atoms with Crippen molar-refractivity contribution in [3.8, 4) is 0 Å². The van der Waals surface area contributed by atoms with E-state index in [0.29, 0.717) is 16.4 Å². The SMILES string of the molecule is O=C(/C=C/c1ccc([N+](=O)[O-])s1)c1ccc(C2CCCCC2)cc1. The molecular formula is C19H19NO3S. The van der Waals surface area contributed by atoms with Crippen LogP contribution in [0.3, 0.4) is 0 Å². The fraction of sp³-hybridized carbons (Fsp3) is 0.316. The second-order valence-electron chi connectivity index (χ2n) is 6.09. The van der Waals surface area contributed by atoms with Crippen LogP contribution in [0.2, 0.25) is 0 Å². The van der Waals surface area contributed by atoms with Crippen LogP contribution < -0.4 is 0 Å². The van der Waals surface area contributed by atoms with Crippen molar-refractivity contribution < 1.29 is 9.72 Å². The molecule has 0 N–H and O–H groups in total. The van der Waals surface area contributed by atoms with Crippen molar-refractivity contribution in [1.29, 1.82) is 0 Å². The van der Waals surface area contributed by atoms with Crippen molar-refractivity contribution in [2.45, 2.75) is 38.0 Å². The molecule has 1 aliphatic rings. The lowest BCUT2D eigenvalue weighted by Crippen LogP contribution is -2.04. The van der Waals surface area contributed by atoms with Crippen LogP contribution in [-0.2, 0) is 0 Å². The topological polar surface area (TPSA) is 60.2 Å². The number of nitro groups is 1. The van der Waals surface area contributed by atoms with Crippen molar-refractivity contribution in [1.82, 2.24) is 0 Å². The molecule has 4 nitrogen and oxygen atoms in total. The predicted molar refractivity (Wildman–Crippen MR) is 96.6 cm³/mol. The number of rotatable bonds is 5. The standard InChI is InChI=1S/C19H19NO3S/c21-18(12-10-17-11-13-19(24-17)20(22)23)16-8-6-15(7-9-16)14-4-2-1-3-5-14/h6-14H,1-5H2/b12-10+. The molecule has 0 aliphatic heterocycles. The van der Waals surface area contributed by atoms with Crippen LogP contribution in [0.15, 0.2) is 42.5 Å². The van der Waals surface area contributed by atoms with E-state index >= 15 is 0 Å². The zero-order valence-electron chi connectivity index (χ0n) is 13.3. The first-order valence-electron chi connectivity index (χ1n) is 8.20. The number of allylic oxidation sites excluding steroid dienone is 1. The van der Waals surface area contributed by atoms with Crippen molar-refractivity contribution >= 4 is 28.2 Å². The molecule has 1 fully saturated rings. The third-order valence-corrected chi connectivity index (χ3v) is 5.47. The van der Waals surface area contributed by atoms with Gasteiger partial charge in [-0.2, -0.15) is 0 Å². The van der Waals surface area contributed by atoms with Gasteiger partial charge in [-0.3, -0.25) is 14.9 Å². The molecule has 0 unspecified atom stereocenters. The summed E-state index contributed by atoms with van der Waals surface area (Å²) in [6.07, 6.45) is 9.51. The first kappa shape index (κ1) is 16.6. The average Bonchev–Trinajstić information content (AvgIpc) is 3.10. The maximum atomic E-state index is 12.2. The molecule has 1 aromatic carbocycles. The zero-order valence-corrected chi connectivity index (χ0v) is 14.1. The highest BCUT2D eigenvalue weighted by Gasteiger charge is 2.15. The van der Waals surface area contributed by atoms with Gasteiger partial charge in [-0.05, 0) is 42.5 Å². The molecule has 1 saturated carbocycles. The van der Waals surface area contributed by atoms with Gasteiger partial charge < -0.3 is 0 Å². The molecule has 24 heavy (non-hydrogen) atoms. The summed E-state index contributed by atoms with van der Waals surface area (Å²) in [4.78, 5) is 23.2. The van der Waals surface area contributed by atoms with Gasteiger partial charge >= 0.3 is 5.00 Å². The second kappa shape index (κ2) is 7.53. The number of hydrogen-bond acceptors (Lipinski definition) is 4. The van der Waals surface area contributed by atoms with Crippen molar-refractivity contribution in [3.63, 3.8) is 0 Å². The maximum absolute atomic E-state index is 12.2. The Labute approximate surface area is 145 Å². The lowest BCUT2D eigenvalue weighted by atomic mass is 9.84. The van der Waals surface area contributed by atoms with Crippen LogP contribution >= 0.6 is 11.3 Å². The highest BCUT2D eigenvalue weighted by atomic mass is 32.1. The summed E-state index contributed by atoms with van der Waals surface area (Å²) in [6.45, 7) is 0. The lowest BCUT2D eigenvalue weighted by Gasteiger charge is -2.21. The number of thiophene rings is 1. The van der Waals surface area contributed by atoms with Crippen molar-refractivity contribution in [2.24, 2.45) is 0 Å². The van der Waals surface area contributed by atoms with Gasteiger partial charge in [-0.15, -0.1) is 0 Å². The largest absolute Gasteiger partial charge is 0.324 e. The smallest absolute Gasteiger partial charge is 0.289 e. The Morgan fingerprint density at radius 2 is 1.79 bits per heavy atom. The van der Waals surface area contributed by atoms with Crippen LogP contribution in [0.1, 0.15) is 58.8 Å². The highest BCUT2D eigenvalue weighted by molar-refractivity contribution is 7.16. The number of carbonyl (C=O) groups is 1. The van der Waals surface area contributed by atoms with E-state index in [1.54, 1.807) is 12.1 Å². The Bertz CT molecular complexity index is 755. The molecule has 0 atom stereocenters. The zero-order chi connectivity index (χ0) is 16.9.